The number of halogens is 1. The molecule has 2 aliphatic rings. The van der Waals surface area contributed by atoms with E-state index in [2.05, 4.69) is 4.72 Å². The Morgan fingerprint density at radius 2 is 1.73 bits per heavy atom. The van der Waals surface area contributed by atoms with Crippen LogP contribution in [0.1, 0.15) is 44.6 Å². The van der Waals surface area contributed by atoms with E-state index in [0.717, 1.165) is 61.6 Å². The largest absolute Gasteiger partial charge is 0.390 e. The Hall–Kier alpha value is -2.09. The van der Waals surface area contributed by atoms with Crippen LogP contribution in [0.5, 0.6) is 0 Å². The van der Waals surface area contributed by atoms with Crippen LogP contribution in [0.3, 0.4) is 0 Å². The van der Waals surface area contributed by atoms with Gasteiger partial charge in [0.05, 0.1) is 11.9 Å². The van der Waals surface area contributed by atoms with Crippen molar-refractivity contribution < 1.29 is 18.3 Å². The maximum Gasteiger partial charge on any atom is 0.229 e. The number of hydrogen-bond donors (Lipinski definition) is 2. The van der Waals surface area contributed by atoms with Crippen molar-refractivity contribution in [3.8, 4) is 11.1 Å². The molecule has 1 aliphatic carbocycles. The van der Waals surface area contributed by atoms with E-state index in [0.29, 0.717) is 17.1 Å². The molecule has 2 aromatic rings. The van der Waals surface area contributed by atoms with E-state index in [1.165, 1.54) is 0 Å². The van der Waals surface area contributed by atoms with Gasteiger partial charge in [0.1, 0.15) is 0 Å². The third-order valence-corrected chi connectivity index (χ3v) is 7.82. The number of nitrogens with zero attached hydrogens (tertiary/aromatic N) is 1. The lowest BCUT2D eigenvalue weighted by atomic mass is 9.83. The molecule has 8 heteroatoms. The van der Waals surface area contributed by atoms with Crippen LogP contribution in [0.25, 0.3) is 11.1 Å². The van der Waals surface area contributed by atoms with E-state index < -0.39 is 15.6 Å². The monoisotopic (exact) mass is 490 g/mol. The number of hydrogen-bond acceptors (Lipinski definition) is 4. The minimum Gasteiger partial charge on any atom is -0.390 e. The summed E-state index contributed by atoms with van der Waals surface area (Å²) in [4.78, 5) is 15.1. The highest BCUT2D eigenvalue weighted by molar-refractivity contribution is 7.92. The lowest BCUT2D eigenvalue weighted by Gasteiger charge is -2.37. The number of anilines is 1. The molecule has 1 heterocycles. The standard InChI is InChI=1S/C25H31ClN2O4S/c1-25(30)12-9-22(10-13-25)28-14-11-20(24(28)29)15-19-4-3-18(16-23(19)26)17-5-7-21(8-6-17)27-33(2,31)32/h3-8,16,20,22,27,30H,9-15H2,1-2H3. The topological polar surface area (TPSA) is 86.7 Å². The van der Waals surface area contributed by atoms with Crippen molar-refractivity contribution in [3.63, 3.8) is 0 Å². The number of rotatable bonds is 6. The number of carbonyl (C=O) groups excluding carboxylic acids is 1. The number of benzene rings is 2. The zero-order chi connectivity index (χ0) is 23.8. The molecule has 4 rings (SSSR count). The number of aliphatic hydroxyl groups is 1. The van der Waals surface area contributed by atoms with Gasteiger partial charge in [0.25, 0.3) is 0 Å². The number of amides is 1. The van der Waals surface area contributed by atoms with Gasteiger partial charge in [0.15, 0.2) is 0 Å². The summed E-state index contributed by atoms with van der Waals surface area (Å²) in [6, 6.07) is 13.2. The molecule has 1 saturated carbocycles. The third kappa shape index (κ3) is 5.89. The molecule has 0 aromatic heterocycles. The van der Waals surface area contributed by atoms with Gasteiger partial charge in [0, 0.05) is 29.2 Å². The second-order valence-corrected chi connectivity index (χ2v) is 11.9. The van der Waals surface area contributed by atoms with Gasteiger partial charge in [-0.1, -0.05) is 35.9 Å². The highest BCUT2D eigenvalue weighted by Crippen LogP contribution is 2.35. The molecule has 178 valence electrons. The Bertz CT molecular complexity index is 1120. The van der Waals surface area contributed by atoms with Crippen LogP contribution in [0.2, 0.25) is 5.02 Å². The molecule has 1 saturated heterocycles. The van der Waals surface area contributed by atoms with Crippen LogP contribution in [-0.2, 0) is 21.2 Å². The summed E-state index contributed by atoms with van der Waals surface area (Å²) >= 11 is 6.60. The van der Waals surface area contributed by atoms with Crippen molar-refractivity contribution in [1.82, 2.24) is 4.90 Å². The molecule has 1 aliphatic heterocycles. The summed E-state index contributed by atoms with van der Waals surface area (Å²) in [5.74, 6) is 0.146. The maximum absolute atomic E-state index is 13.1. The summed E-state index contributed by atoms with van der Waals surface area (Å²) in [6.45, 7) is 2.66. The Morgan fingerprint density at radius 1 is 1.09 bits per heavy atom. The minimum absolute atomic E-state index is 0.0582. The molecule has 2 fully saturated rings. The van der Waals surface area contributed by atoms with E-state index in [1.54, 1.807) is 12.1 Å². The van der Waals surface area contributed by atoms with Crippen LogP contribution in [0, 0.1) is 5.92 Å². The Labute approximate surface area is 201 Å². The maximum atomic E-state index is 13.1. The van der Waals surface area contributed by atoms with Crippen LogP contribution in [0.15, 0.2) is 42.5 Å². The summed E-state index contributed by atoms with van der Waals surface area (Å²) in [7, 11) is -3.31. The molecule has 1 unspecified atom stereocenters. The first-order valence-corrected chi connectivity index (χ1v) is 13.7. The quantitative estimate of drug-likeness (QED) is 0.625. The molecule has 1 atom stereocenters. The zero-order valence-electron chi connectivity index (χ0n) is 19.1. The number of likely N-dealkylation sites (tertiary alicyclic amines) is 1. The first-order valence-electron chi connectivity index (χ1n) is 11.4. The van der Waals surface area contributed by atoms with Crippen molar-refractivity contribution in [2.75, 3.05) is 17.5 Å². The molecule has 0 spiro atoms. The van der Waals surface area contributed by atoms with Crippen LogP contribution in [0.4, 0.5) is 5.69 Å². The molecular weight excluding hydrogens is 460 g/mol. The molecule has 0 radical (unpaired) electrons. The van der Waals surface area contributed by atoms with E-state index in [1.807, 2.05) is 42.2 Å². The number of sulfonamides is 1. The van der Waals surface area contributed by atoms with E-state index in [4.69, 9.17) is 11.6 Å². The van der Waals surface area contributed by atoms with E-state index >= 15 is 0 Å². The van der Waals surface area contributed by atoms with E-state index in [-0.39, 0.29) is 17.9 Å². The lowest BCUT2D eigenvalue weighted by Crippen LogP contribution is -2.43. The highest BCUT2D eigenvalue weighted by atomic mass is 35.5. The average molecular weight is 491 g/mol. The molecule has 2 N–H and O–H groups in total. The van der Waals surface area contributed by atoms with Crippen molar-refractivity contribution in [2.24, 2.45) is 5.92 Å². The molecule has 33 heavy (non-hydrogen) atoms. The predicted octanol–water partition coefficient (Wildman–Crippen LogP) is 4.46. The van der Waals surface area contributed by atoms with Crippen LogP contribution in [-0.4, -0.2) is 48.8 Å². The minimum atomic E-state index is -3.31. The van der Waals surface area contributed by atoms with Crippen LogP contribution < -0.4 is 4.72 Å². The fourth-order valence-electron chi connectivity index (χ4n) is 4.95. The molecular formula is C25H31ClN2O4S. The first kappa shape index (κ1) is 24.0. The van der Waals surface area contributed by atoms with Crippen molar-refractivity contribution in [3.05, 3.63) is 53.1 Å². The van der Waals surface area contributed by atoms with E-state index in [9.17, 15) is 18.3 Å². The van der Waals surface area contributed by atoms with Gasteiger partial charge < -0.3 is 10.0 Å². The average Bonchev–Trinajstić information content (AvgIpc) is 3.09. The smallest absolute Gasteiger partial charge is 0.229 e. The Morgan fingerprint density at radius 3 is 2.33 bits per heavy atom. The Balaban J connectivity index is 1.40. The van der Waals surface area contributed by atoms with Crippen molar-refractivity contribution >= 4 is 33.2 Å². The number of nitrogens with one attached hydrogen (secondary N) is 1. The zero-order valence-corrected chi connectivity index (χ0v) is 20.6. The molecule has 2 aromatic carbocycles. The fourth-order valence-corrected chi connectivity index (χ4v) is 5.78. The third-order valence-electron chi connectivity index (χ3n) is 6.86. The SMILES string of the molecule is CC1(O)CCC(N2CCC(Cc3ccc(-c4ccc(NS(C)(=O)=O)cc4)cc3Cl)C2=O)CC1. The van der Waals surface area contributed by atoms with Crippen molar-refractivity contribution in [2.45, 2.75) is 57.1 Å². The summed E-state index contributed by atoms with van der Waals surface area (Å²) in [5.41, 5.74) is 2.73. The summed E-state index contributed by atoms with van der Waals surface area (Å²) < 4.78 is 25.2. The lowest BCUT2D eigenvalue weighted by molar-refractivity contribution is -0.134. The normalized spacial score (nSPS) is 25.9. The second kappa shape index (κ2) is 9.28. The van der Waals surface area contributed by atoms with Gasteiger partial charge in [0.2, 0.25) is 15.9 Å². The van der Waals surface area contributed by atoms with Gasteiger partial charge in [-0.2, -0.15) is 0 Å². The molecule has 1 amide bonds. The predicted molar refractivity (Wildman–Crippen MR) is 132 cm³/mol. The van der Waals surface area contributed by atoms with Gasteiger partial charge in [-0.15, -0.1) is 0 Å². The molecule has 6 nitrogen and oxygen atoms in total. The van der Waals surface area contributed by atoms with Crippen LogP contribution >= 0.6 is 11.6 Å². The Kier molecular flexibility index (Phi) is 6.76. The van der Waals surface area contributed by atoms with Crippen molar-refractivity contribution in [1.29, 1.82) is 0 Å². The van der Waals surface area contributed by atoms with Gasteiger partial charge in [-0.05, 0) is 80.3 Å². The second-order valence-electron chi connectivity index (χ2n) is 9.71. The van der Waals surface area contributed by atoms with Gasteiger partial charge >= 0.3 is 0 Å². The summed E-state index contributed by atoms with van der Waals surface area (Å²) in [5, 5.41) is 10.8. The first-order chi connectivity index (χ1) is 15.5. The van der Waals surface area contributed by atoms with Gasteiger partial charge in [-0.25, -0.2) is 8.42 Å². The highest BCUT2D eigenvalue weighted by Gasteiger charge is 2.39. The summed E-state index contributed by atoms with van der Waals surface area (Å²) in [6.07, 6.45) is 5.77. The fraction of sp³-hybridized carbons (Fsp3) is 0.480. The molecule has 0 bridgehead atoms. The number of carbonyl (C=O) groups is 1. The van der Waals surface area contributed by atoms with Gasteiger partial charge in [-0.3, -0.25) is 9.52 Å².